The van der Waals surface area contributed by atoms with Crippen molar-refractivity contribution in [2.24, 2.45) is 5.92 Å². The van der Waals surface area contributed by atoms with E-state index in [2.05, 4.69) is 6.92 Å². The molecule has 0 radical (unpaired) electrons. The van der Waals surface area contributed by atoms with Gasteiger partial charge in [0.25, 0.3) is 0 Å². The zero-order valence-corrected chi connectivity index (χ0v) is 16.7. The van der Waals surface area contributed by atoms with Crippen molar-refractivity contribution in [1.29, 1.82) is 0 Å². The first-order chi connectivity index (χ1) is 12.8. The molecule has 0 spiro atoms. The standard InChI is InChI=1S/C24H26O3/c1-6-21(26)19-11-12-20(24(27)13(2)3)23-18(15(5)25)10-9-17(22(19)23)14(4)16-7-8-16/h9-13H,6-8H2,1-5H3. The van der Waals surface area contributed by atoms with Crippen LogP contribution in [0.5, 0.6) is 0 Å². The Morgan fingerprint density at radius 2 is 1.37 bits per heavy atom. The molecule has 27 heavy (non-hydrogen) atoms. The van der Waals surface area contributed by atoms with Crippen LogP contribution in [0.3, 0.4) is 0 Å². The lowest BCUT2D eigenvalue weighted by atomic mass is 9.84. The topological polar surface area (TPSA) is 51.2 Å². The zero-order valence-electron chi connectivity index (χ0n) is 16.7. The molecule has 0 N–H and O–H groups in total. The largest absolute Gasteiger partial charge is 0.294 e. The number of allylic oxidation sites excluding steroid dienone is 2. The first-order valence-corrected chi connectivity index (χ1v) is 9.64. The van der Waals surface area contributed by atoms with Gasteiger partial charge < -0.3 is 0 Å². The van der Waals surface area contributed by atoms with E-state index < -0.39 is 0 Å². The smallest absolute Gasteiger partial charge is 0.166 e. The van der Waals surface area contributed by atoms with Gasteiger partial charge in [0.15, 0.2) is 17.3 Å². The maximum Gasteiger partial charge on any atom is 0.166 e. The second-order valence-electron chi connectivity index (χ2n) is 7.65. The summed E-state index contributed by atoms with van der Waals surface area (Å²) in [5.41, 5.74) is 5.16. The molecular weight excluding hydrogens is 336 g/mol. The van der Waals surface area contributed by atoms with Crippen LogP contribution in [0.15, 0.2) is 29.8 Å². The van der Waals surface area contributed by atoms with Gasteiger partial charge in [0, 0.05) is 39.8 Å². The van der Waals surface area contributed by atoms with Crippen LogP contribution in [-0.2, 0) is 0 Å². The van der Waals surface area contributed by atoms with Gasteiger partial charge in [-0.3, -0.25) is 14.4 Å². The molecule has 2 aromatic carbocycles. The lowest BCUT2D eigenvalue weighted by Gasteiger charge is -2.18. The summed E-state index contributed by atoms with van der Waals surface area (Å²) in [6.45, 7) is 9.13. The third kappa shape index (κ3) is 3.39. The van der Waals surface area contributed by atoms with Gasteiger partial charge in [-0.15, -0.1) is 0 Å². The fourth-order valence-corrected chi connectivity index (χ4v) is 3.67. The van der Waals surface area contributed by atoms with Crippen LogP contribution in [0.4, 0.5) is 0 Å². The molecular formula is C24H26O3. The number of hydrogen-bond donors (Lipinski definition) is 0. The molecule has 0 aliphatic heterocycles. The predicted molar refractivity (Wildman–Crippen MR) is 110 cm³/mol. The molecule has 1 aliphatic carbocycles. The number of fused-ring (bicyclic) bond motifs is 1. The highest BCUT2D eigenvalue weighted by Crippen LogP contribution is 2.41. The Morgan fingerprint density at radius 1 is 0.852 bits per heavy atom. The number of rotatable bonds is 6. The summed E-state index contributed by atoms with van der Waals surface area (Å²) in [6, 6.07) is 7.24. The Hall–Kier alpha value is -2.55. The Kier molecular flexibility index (Phi) is 5.14. The number of carbonyl (C=O) groups excluding carboxylic acids is 3. The van der Waals surface area contributed by atoms with E-state index in [9.17, 15) is 14.4 Å². The molecule has 1 fully saturated rings. The summed E-state index contributed by atoms with van der Waals surface area (Å²) >= 11 is 0. The summed E-state index contributed by atoms with van der Waals surface area (Å²) < 4.78 is 0. The third-order valence-electron chi connectivity index (χ3n) is 5.39. The van der Waals surface area contributed by atoms with Gasteiger partial charge in [0.05, 0.1) is 0 Å². The SMILES string of the molecule is CCC(=O)c1ccc(C(=O)C(C)C)c2c(C(C)=O)ccc(C(C)=C3CC3)c12. The second-order valence-corrected chi connectivity index (χ2v) is 7.65. The molecule has 0 atom stereocenters. The maximum absolute atomic E-state index is 12.9. The van der Waals surface area contributed by atoms with Crippen molar-refractivity contribution < 1.29 is 14.4 Å². The second kappa shape index (κ2) is 7.22. The Balaban J connectivity index is 2.52. The molecule has 140 valence electrons. The molecule has 0 saturated heterocycles. The van der Waals surface area contributed by atoms with Gasteiger partial charge in [-0.25, -0.2) is 0 Å². The monoisotopic (exact) mass is 362 g/mol. The minimum absolute atomic E-state index is 0.00752. The first-order valence-electron chi connectivity index (χ1n) is 9.64. The van der Waals surface area contributed by atoms with Crippen molar-refractivity contribution >= 4 is 33.7 Å². The van der Waals surface area contributed by atoms with Gasteiger partial charge in [-0.05, 0) is 37.8 Å². The molecule has 3 rings (SSSR count). The first kappa shape index (κ1) is 19.2. The van der Waals surface area contributed by atoms with Crippen molar-refractivity contribution in [1.82, 2.24) is 0 Å². The fourth-order valence-electron chi connectivity index (χ4n) is 3.67. The molecule has 0 aromatic heterocycles. The summed E-state index contributed by atoms with van der Waals surface area (Å²) in [5.74, 6) is -0.263. The lowest BCUT2D eigenvalue weighted by molar-refractivity contribution is 0.0939. The highest BCUT2D eigenvalue weighted by molar-refractivity contribution is 6.23. The van der Waals surface area contributed by atoms with Crippen molar-refractivity contribution in [3.8, 4) is 0 Å². The summed E-state index contributed by atoms with van der Waals surface area (Å²) in [4.78, 5) is 38.0. The van der Waals surface area contributed by atoms with Crippen LogP contribution < -0.4 is 0 Å². The van der Waals surface area contributed by atoms with Gasteiger partial charge >= 0.3 is 0 Å². The fraction of sp³-hybridized carbons (Fsp3) is 0.375. The predicted octanol–water partition coefficient (Wildman–Crippen LogP) is 6.04. The summed E-state index contributed by atoms with van der Waals surface area (Å²) in [6.07, 6.45) is 2.53. The molecule has 2 aromatic rings. The molecule has 0 unspecified atom stereocenters. The van der Waals surface area contributed by atoms with Crippen molar-refractivity contribution in [3.63, 3.8) is 0 Å². The molecule has 0 bridgehead atoms. The summed E-state index contributed by atoms with van der Waals surface area (Å²) in [7, 11) is 0. The van der Waals surface area contributed by atoms with E-state index in [4.69, 9.17) is 0 Å². The van der Waals surface area contributed by atoms with Gasteiger partial charge in [0.2, 0.25) is 0 Å². The third-order valence-corrected chi connectivity index (χ3v) is 5.39. The number of Topliss-reactive ketones (excluding diaryl/α,β-unsaturated/α-hetero) is 3. The van der Waals surface area contributed by atoms with Crippen LogP contribution in [0.25, 0.3) is 16.3 Å². The van der Waals surface area contributed by atoms with Crippen molar-refractivity contribution in [2.45, 2.75) is 53.9 Å². The van der Waals surface area contributed by atoms with Crippen molar-refractivity contribution in [2.75, 3.05) is 0 Å². The van der Waals surface area contributed by atoms with E-state index in [1.165, 1.54) is 12.5 Å². The lowest BCUT2D eigenvalue weighted by Crippen LogP contribution is -2.12. The molecule has 3 heteroatoms. The normalized spacial score (nSPS) is 13.2. The maximum atomic E-state index is 12.9. The Labute approximate surface area is 160 Å². The Morgan fingerprint density at radius 3 is 1.89 bits per heavy atom. The number of ketones is 3. The molecule has 3 nitrogen and oxygen atoms in total. The summed E-state index contributed by atoms with van der Waals surface area (Å²) in [5, 5.41) is 1.40. The van der Waals surface area contributed by atoms with Crippen LogP contribution in [0.1, 0.15) is 90.5 Å². The number of carbonyl (C=O) groups is 3. The molecule has 0 amide bonds. The van der Waals surface area contributed by atoms with Crippen LogP contribution in [0.2, 0.25) is 0 Å². The van der Waals surface area contributed by atoms with Gasteiger partial charge in [-0.1, -0.05) is 50.6 Å². The quantitative estimate of drug-likeness (QED) is 0.589. The average Bonchev–Trinajstić information content (AvgIpc) is 3.49. The van der Waals surface area contributed by atoms with Crippen LogP contribution in [-0.4, -0.2) is 17.3 Å². The minimum Gasteiger partial charge on any atom is -0.294 e. The van der Waals surface area contributed by atoms with E-state index >= 15 is 0 Å². The number of hydrogen-bond acceptors (Lipinski definition) is 3. The molecule has 0 heterocycles. The van der Waals surface area contributed by atoms with E-state index in [1.54, 1.807) is 12.1 Å². The zero-order chi connectivity index (χ0) is 19.9. The van der Waals surface area contributed by atoms with E-state index in [1.807, 2.05) is 32.9 Å². The highest BCUT2D eigenvalue weighted by Gasteiger charge is 2.25. The van der Waals surface area contributed by atoms with Crippen molar-refractivity contribution in [3.05, 3.63) is 52.1 Å². The van der Waals surface area contributed by atoms with Crippen LogP contribution >= 0.6 is 0 Å². The minimum atomic E-state index is -0.188. The van der Waals surface area contributed by atoms with Crippen LogP contribution in [0, 0.1) is 5.92 Å². The van der Waals surface area contributed by atoms with Gasteiger partial charge in [-0.2, -0.15) is 0 Å². The molecule has 1 aliphatic rings. The average molecular weight is 362 g/mol. The highest BCUT2D eigenvalue weighted by atomic mass is 16.1. The van der Waals surface area contributed by atoms with E-state index in [0.717, 1.165) is 29.4 Å². The Bertz CT molecular complexity index is 1000. The van der Waals surface area contributed by atoms with E-state index in [0.29, 0.717) is 28.5 Å². The number of benzene rings is 2. The van der Waals surface area contributed by atoms with Gasteiger partial charge in [0.1, 0.15) is 0 Å². The van der Waals surface area contributed by atoms with E-state index in [-0.39, 0.29) is 23.3 Å². The molecule has 1 saturated carbocycles.